The molecular weight excluding hydrogens is 232 g/mol. The summed E-state index contributed by atoms with van der Waals surface area (Å²) in [6.45, 7) is 0.870. The summed E-state index contributed by atoms with van der Waals surface area (Å²) >= 11 is 0. The van der Waals surface area contributed by atoms with Crippen molar-refractivity contribution in [3.63, 3.8) is 0 Å². The Bertz CT molecular complexity index is 443. The molecule has 2 rings (SSSR count). The van der Waals surface area contributed by atoms with E-state index in [9.17, 15) is 9.59 Å². The first kappa shape index (κ1) is 12.6. The number of piperazine rings is 1. The number of rotatable bonds is 4. The first-order valence-corrected chi connectivity index (χ1v) is 5.88. The molecule has 2 amide bonds. The molecule has 0 spiro atoms. The van der Waals surface area contributed by atoms with Gasteiger partial charge in [-0.2, -0.15) is 0 Å². The van der Waals surface area contributed by atoms with E-state index in [1.165, 1.54) is 4.90 Å². The van der Waals surface area contributed by atoms with Crippen molar-refractivity contribution in [1.29, 1.82) is 0 Å². The largest absolute Gasteiger partial charge is 0.496 e. The number of carbonyl (C=O) groups is 2. The van der Waals surface area contributed by atoms with Gasteiger partial charge in [-0.25, -0.2) is 0 Å². The van der Waals surface area contributed by atoms with Gasteiger partial charge in [-0.1, -0.05) is 18.2 Å². The van der Waals surface area contributed by atoms with Gasteiger partial charge in [0.15, 0.2) is 0 Å². The molecule has 0 radical (unpaired) electrons. The van der Waals surface area contributed by atoms with Crippen LogP contribution in [0.3, 0.4) is 0 Å². The summed E-state index contributed by atoms with van der Waals surface area (Å²) in [4.78, 5) is 24.5. The van der Waals surface area contributed by atoms with E-state index < -0.39 is 0 Å². The molecule has 1 aromatic rings. The number of para-hydroxylation sites is 1. The maximum Gasteiger partial charge on any atom is 0.243 e. The van der Waals surface area contributed by atoms with Gasteiger partial charge in [-0.05, 0) is 18.1 Å². The van der Waals surface area contributed by atoms with Crippen molar-refractivity contribution >= 4 is 11.8 Å². The van der Waals surface area contributed by atoms with Crippen LogP contribution in [0.25, 0.3) is 0 Å². The van der Waals surface area contributed by atoms with E-state index in [0.717, 1.165) is 11.3 Å². The molecule has 5 nitrogen and oxygen atoms in total. The van der Waals surface area contributed by atoms with Gasteiger partial charge in [-0.3, -0.25) is 19.8 Å². The summed E-state index contributed by atoms with van der Waals surface area (Å²) in [7, 11) is 1.61. The second-order valence-electron chi connectivity index (χ2n) is 4.10. The third kappa shape index (κ3) is 2.68. The fraction of sp³-hybridized carbons (Fsp3) is 0.385. The number of imide groups is 1. The Morgan fingerprint density at radius 2 is 1.89 bits per heavy atom. The van der Waals surface area contributed by atoms with Crippen molar-refractivity contribution in [2.45, 2.75) is 6.42 Å². The zero-order chi connectivity index (χ0) is 13.0. The summed E-state index contributed by atoms with van der Waals surface area (Å²) in [5, 5.41) is 2.77. The van der Waals surface area contributed by atoms with Crippen LogP contribution < -0.4 is 10.1 Å². The lowest BCUT2D eigenvalue weighted by Crippen LogP contribution is -2.52. The number of methoxy groups -OCH3 is 1. The first-order valence-electron chi connectivity index (χ1n) is 5.88. The Balaban J connectivity index is 2.02. The molecule has 18 heavy (non-hydrogen) atoms. The van der Waals surface area contributed by atoms with Gasteiger partial charge in [0.05, 0.1) is 20.2 Å². The van der Waals surface area contributed by atoms with Gasteiger partial charge in [0, 0.05) is 6.54 Å². The number of ether oxygens (including phenoxy) is 1. The molecule has 5 heteroatoms. The third-order valence-corrected chi connectivity index (χ3v) is 2.95. The summed E-state index contributed by atoms with van der Waals surface area (Å²) in [5.74, 6) is 0.454. The molecule has 0 aromatic heterocycles. The van der Waals surface area contributed by atoms with Crippen LogP contribution in [0.1, 0.15) is 5.56 Å². The first-order chi connectivity index (χ1) is 8.72. The van der Waals surface area contributed by atoms with E-state index in [0.29, 0.717) is 13.0 Å². The molecule has 1 N–H and O–H groups in total. The van der Waals surface area contributed by atoms with Crippen molar-refractivity contribution in [3.05, 3.63) is 29.8 Å². The molecule has 1 aliphatic heterocycles. The highest BCUT2D eigenvalue weighted by Gasteiger charge is 2.25. The average Bonchev–Trinajstić information content (AvgIpc) is 2.38. The third-order valence-electron chi connectivity index (χ3n) is 2.95. The second kappa shape index (κ2) is 5.64. The van der Waals surface area contributed by atoms with Crippen LogP contribution >= 0.6 is 0 Å². The smallest absolute Gasteiger partial charge is 0.243 e. The zero-order valence-corrected chi connectivity index (χ0v) is 10.3. The minimum Gasteiger partial charge on any atom is -0.496 e. The molecule has 1 aromatic carbocycles. The molecule has 0 atom stereocenters. The van der Waals surface area contributed by atoms with Gasteiger partial charge in [-0.15, -0.1) is 0 Å². The van der Waals surface area contributed by atoms with E-state index in [-0.39, 0.29) is 24.9 Å². The molecule has 1 fully saturated rings. The Hall–Kier alpha value is -1.88. The molecule has 0 aliphatic carbocycles. The number of nitrogens with zero attached hydrogens (tertiary/aromatic N) is 1. The molecular formula is C13H16N2O3. The molecule has 0 unspecified atom stereocenters. The molecule has 0 bridgehead atoms. The number of nitrogens with one attached hydrogen (secondary N) is 1. The molecule has 1 saturated heterocycles. The van der Waals surface area contributed by atoms with Crippen molar-refractivity contribution in [2.75, 3.05) is 26.7 Å². The lowest BCUT2D eigenvalue weighted by molar-refractivity contribution is -0.146. The van der Waals surface area contributed by atoms with Crippen molar-refractivity contribution in [1.82, 2.24) is 10.2 Å². The quantitative estimate of drug-likeness (QED) is 0.773. The summed E-state index contributed by atoms with van der Waals surface area (Å²) in [5.41, 5.74) is 0.999. The lowest BCUT2D eigenvalue weighted by Gasteiger charge is -2.25. The topological polar surface area (TPSA) is 58.6 Å². The van der Waals surface area contributed by atoms with Gasteiger partial charge in [0.25, 0.3) is 0 Å². The Morgan fingerprint density at radius 1 is 1.22 bits per heavy atom. The normalized spacial score (nSPS) is 15.9. The van der Waals surface area contributed by atoms with Crippen molar-refractivity contribution in [3.8, 4) is 5.75 Å². The predicted molar refractivity (Wildman–Crippen MR) is 66.3 cm³/mol. The SMILES string of the molecule is COc1ccccc1CCN1C(=O)CNCC1=O. The minimum atomic E-state index is -0.166. The monoisotopic (exact) mass is 248 g/mol. The van der Waals surface area contributed by atoms with Crippen LogP contribution in [0.4, 0.5) is 0 Å². The van der Waals surface area contributed by atoms with Crippen LogP contribution in [-0.2, 0) is 16.0 Å². The Morgan fingerprint density at radius 3 is 2.56 bits per heavy atom. The van der Waals surface area contributed by atoms with Crippen LogP contribution in [0.2, 0.25) is 0 Å². The number of hydrogen-bond donors (Lipinski definition) is 1. The molecule has 1 heterocycles. The number of amides is 2. The average molecular weight is 248 g/mol. The highest BCUT2D eigenvalue weighted by molar-refractivity contribution is 5.99. The van der Waals surface area contributed by atoms with E-state index in [2.05, 4.69) is 5.32 Å². The minimum absolute atomic E-state index is 0.166. The van der Waals surface area contributed by atoms with Crippen LogP contribution in [0.15, 0.2) is 24.3 Å². The van der Waals surface area contributed by atoms with Crippen LogP contribution in [0.5, 0.6) is 5.75 Å². The van der Waals surface area contributed by atoms with E-state index >= 15 is 0 Å². The van der Waals surface area contributed by atoms with Crippen molar-refractivity contribution < 1.29 is 14.3 Å². The Kier molecular flexibility index (Phi) is 3.94. The predicted octanol–water partition coefficient (Wildman–Crippen LogP) is 0.196. The standard InChI is InChI=1S/C13H16N2O3/c1-18-11-5-3-2-4-10(11)6-7-15-12(16)8-14-9-13(15)17/h2-5,14H,6-9H2,1H3. The van der Waals surface area contributed by atoms with E-state index in [1.807, 2.05) is 24.3 Å². The summed E-state index contributed by atoms with van der Waals surface area (Å²) in [6.07, 6.45) is 0.613. The molecule has 0 saturated carbocycles. The van der Waals surface area contributed by atoms with E-state index in [1.54, 1.807) is 7.11 Å². The number of carbonyl (C=O) groups excluding carboxylic acids is 2. The molecule has 1 aliphatic rings. The highest BCUT2D eigenvalue weighted by Crippen LogP contribution is 2.18. The fourth-order valence-corrected chi connectivity index (χ4v) is 2.00. The van der Waals surface area contributed by atoms with Gasteiger partial charge in [0.1, 0.15) is 5.75 Å². The lowest BCUT2D eigenvalue weighted by atomic mass is 10.1. The second-order valence-corrected chi connectivity index (χ2v) is 4.10. The zero-order valence-electron chi connectivity index (χ0n) is 10.3. The van der Waals surface area contributed by atoms with Gasteiger partial charge < -0.3 is 4.74 Å². The van der Waals surface area contributed by atoms with Gasteiger partial charge >= 0.3 is 0 Å². The van der Waals surface area contributed by atoms with Crippen molar-refractivity contribution in [2.24, 2.45) is 0 Å². The Labute approximate surface area is 106 Å². The number of benzene rings is 1. The van der Waals surface area contributed by atoms with Crippen LogP contribution in [0, 0.1) is 0 Å². The summed E-state index contributed by atoms with van der Waals surface area (Å²) in [6, 6.07) is 7.62. The van der Waals surface area contributed by atoms with Crippen LogP contribution in [-0.4, -0.2) is 43.5 Å². The molecule has 96 valence electrons. The fourth-order valence-electron chi connectivity index (χ4n) is 2.00. The van der Waals surface area contributed by atoms with E-state index in [4.69, 9.17) is 4.74 Å². The highest BCUT2D eigenvalue weighted by atomic mass is 16.5. The number of hydrogen-bond acceptors (Lipinski definition) is 4. The van der Waals surface area contributed by atoms with Gasteiger partial charge in [0.2, 0.25) is 11.8 Å². The summed E-state index contributed by atoms with van der Waals surface area (Å²) < 4.78 is 5.24. The maximum absolute atomic E-state index is 11.6. The maximum atomic E-state index is 11.6.